The summed E-state index contributed by atoms with van der Waals surface area (Å²) in [5.41, 5.74) is 11.8. The molecular formula is C7H12N2. The summed E-state index contributed by atoms with van der Waals surface area (Å²) in [5, 5.41) is 0. The van der Waals surface area contributed by atoms with Crippen LogP contribution < -0.4 is 11.5 Å². The van der Waals surface area contributed by atoms with Crippen molar-refractivity contribution in [1.82, 2.24) is 0 Å². The van der Waals surface area contributed by atoms with E-state index in [0.717, 1.165) is 6.42 Å². The van der Waals surface area contributed by atoms with Crippen LogP contribution in [0, 0.1) is 0 Å². The van der Waals surface area contributed by atoms with Crippen molar-refractivity contribution in [2.75, 3.05) is 0 Å². The SMILES string of the molecule is CC1=CCC(N)(N)C=C1. The van der Waals surface area contributed by atoms with Crippen molar-refractivity contribution in [3.63, 3.8) is 0 Å². The number of allylic oxidation sites excluding steroid dienone is 2. The standard InChI is InChI=1S/C7H12N2/c1-6-2-4-7(8,9)5-3-6/h2-4H,5,8-9H2,1H3. The van der Waals surface area contributed by atoms with Gasteiger partial charge in [-0.2, -0.15) is 0 Å². The molecular weight excluding hydrogens is 112 g/mol. The number of hydrogen-bond acceptors (Lipinski definition) is 2. The number of rotatable bonds is 0. The summed E-state index contributed by atoms with van der Waals surface area (Å²) in [6, 6.07) is 0. The maximum atomic E-state index is 5.59. The average Bonchev–Trinajstić information content (AvgIpc) is 1.78. The normalized spacial score (nSPS) is 23.7. The fourth-order valence-corrected chi connectivity index (χ4v) is 0.760. The third kappa shape index (κ3) is 1.66. The summed E-state index contributed by atoms with van der Waals surface area (Å²) in [7, 11) is 0. The van der Waals surface area contributed by atoms with Gasteiger partial charge in [-0.15, -0.1) is 0 Å². The zero-order valence-electron chi connectivity index (χ0n) is 5.59. The second-order valence-electron chi connectivity index (χ2n) is 2.60. The van der Waals surface area contributed by atoms with Gasteiger partial charge >= 0.3 is 0 Å². The van der Waals surface area contributed by atoms with Gasteiger partial charge in [-0.25, -0.2) is 0 Å². The zero-order valence-corrected chi connectivity index (χ0v) is 5.59. The quantitative estimate of drug-likeness (QED) is 0.462. The molecule has 4 N–H and O–H groups in total. The summed E-state index contributed by atoms with van der Waals surface area (Å²) in [4.78, 5) is 0. The molecule has 0 saturated carbocycles. The summed E-state index contributed by atoms with van der Waals surface area (Å²) in [6.07, 6.45) is 6.57. The third-order valence-electron chi connectivity index (χ3n) is 1.43. The molecule has 50 valence electrons. The Balaban J connectivity index is 2.70. The minimum absolute atomic E-state index is 0.598. The highest BCUT2D eigenvalue weighted by molar-refractivity contribution is 5.25. The Morgan fingerprint density at radius 1 is 1.56 bits per heavy atom. The van der Waals surface area contributed by atoms with Crippen molar-refractivity contribution in [2.24, 2.45) is 11.5 Å². The largest absolute Gasteiger partial charge is 0.310 e. The fraction of sp³-hybridized carbons (Fsp3) is 0.429. The van der Waals surface area contributed by atoms with Crippen molar-refractivity contribution < 1.29 is 0 Å². The molecule has 0 atom stereocenters. The van der Waals surface area contributed by atoms with Crippen LogP contribution in [0.1, 0.15) is 13.3 Å². The first-order valence-corrected chi connectivity index (χ1v) is 3.04. The first-order valence-electron chi connectivity index (χ1n) is 3.04. The summed E-state index contributed by atoms with van der Waals surface area (Å²) >= 11 is 0. The molecule has 0 aliphatic heterocycles. The summed E-state index contributed by atoms with van der Waals surface area (Å²) < 4.78 is 0. The van der Waals surface area contributed by atoms with Crippen LogP contribution >= 0.6 is 0 Å². The molecule has 2 nitrogen and oxygen atoms in total. The van der Waals surface area contributed by atoms with E-state index in [-0.39, 0.29) is 0 Å². The highest BCUT2D eigenvalue weighted by Crippen LogP contribution is 2.12. The lowest BCUT2D eigenvalue weighted by atomic mass is 10.00. The molecule has 2 heteroatoms. The Bertz CT molecular complexity index is 166. The lowest BCUT2D eigenvalue weighted by molar-refractivity contribution is 0.554. The van der Waals surface area contributed by atoms with Crippen molar-refractivity contribution in [1.29, 1.82) is 0 Å². The third-order valence-corrected chi connectivity index (χ3v) is 1.43. The molecule has 0 spiro atoms. The Hall–Kier alpha value is -0.600. The van der Waals surface area contributed by atoms with E-state index in [9.17, 15) is 0 Å². The molecule has 0 unspecified atom stereocenters. The van der Waals surface area contributed by atoms with Crippen LogP contribution in [-0.2, 0) is 0 Å². The second kappa shape index (κ2) is 1.97. The van der Waals surface area contributed by atoms with Crippen LogP contribution in [0.25, 0.3) is 0 Å². The average molecular weight is 124 g/mol. The lowest BCUT2D eigenvalue weighted by Crippen LogP contribution is -2.47. The van der Waals surface area contributed by atoms with Crippen molar-refractivity contribution >= 4 is 0 Å². The molecule has 0 radical (unpaired) electrons. The van der Waals surface area contributed by atoms with Gasteiger partial charge in [0.15, 0.2) is 0 Å². The van der Waals surface area contributed by atoms with Crippen LogP contribution in [0.3, 0.4) is 0 Å². The van der Waals surface area contributed by atoms with Crippen LogP contribution in [0.5, 0.6) is 0 Å². The molecule has 0 heterocycles. The summed E-state index contributed by atoms with van der Waals surface area (Å²) in [6.45, 7) is 2.03. The Kier molecular flexibility index (Phi) is 1.43. The first-order chi connectivity index (χ1) is 4.10. The van der Waals surface area contributed by atoms with Gasteiger partial charge < -0.3 is 11.5 Å². The monoisotopic (exact) mass is 124 g/mol. The van der Waals surface area contributed by atoms with E-state index in [1.165, 1.54) is 5.57 Å². The molecule has 1 rings (SSSR count). The predicted octanol–water partition coefficient (Wildman–Crippen LogP) is 0.506. The molecule has 0 bridgehead atoms. The first kappa shape index (κ1) is 6.52. The van der Waals surface area contributed by atoms with E-state index in [2.05, 4.69) is 0 Å². The number of hydrogen-bond donors (Lipinski definition) is 2. The molecule has 1 aliphatic carbocycles. The van der Waals surface area contributed by atoms with E-state index < -0.39 is 5.66 Å². The van der Waals surface area contributed by atoms with Crippen molar-refractivity contribution in [3.8, 4) is 0 Å². The summed E-state index contributed by atoms with van der Waals surface area (Å²) in [5.74, 6) is 0. The van der Waals surface area contributed by atoms with Crippen LogP contribution in [-0.4, -0.2) is 5.66 Å². The van der Waals surface area contributed by atoms with Crippen LogP contribution in [0.2, 0.25) is 0 Å². The fourth-order valence-electron chi connectivity index (χ4n) is 0.760. The smallest absolute Gasteiger partial charge is 0.0867 e. The molecule has 9 heavy (non-hydrogen) atoms. The maximum absolute atomic E-state index is 5.59. The molecule has 0 saturated heterocycles. The molecule has 0 amide bonds. The van der Waals surface area contributed by atoms with Gasteiger partial charge in [0.25, 0.3) is 0 Å². The van der Waals surface area contributed by atoms with Crippen LogP contribution in [0.15, 0.2) is 23.8 Å². The van der Waals surface area contributed by atoms with Gasteiger partial charge in [-0.3, -0.25) is 0 Å². The predicted molar refractivity (Wildman–Crippen MR) is 38.6 cm³/mol. The zero-order chi connectivity index (χ0) is 6.91. The molecule has 0 fully saturated rings. The van der Waals surface area contributed by atoms with Gasteiger partial charge in [-0.1, -0.05) is 17.7 Å². The van der Waals surface area contributed by atoms with E-state index >= 15 is 0 Å². The van der Waals surface area contributed by atoms with Crippen molar-refractivity contribution in [3.05, 3.63) is 23.8 Å². The van der Waals surface area contributed by atoms with Crippen molar-refractivity contribution in [2.45, 2.75) is 19.0 Å². The molecule has 0 aromatic heterocycles. The molecule has 1 aliphatic rings. The second-order valence-corrected chi connectivity index (χ2v) is 2.60. The maximum Gasteiger partial charge on any atom is 0.0867 e. The van der Waals surface area contributed by atoms with Gasteiger partial charge in [-0.05, 0) is 13.0 Å². The topological polar surface area (TPSA) is 52.0 Å². The van der Waals surface area contributed by atoms with E-state index in [4.69, 9.17) is 11.5 Å². The highest BCUT2D eigenvalue weighted by Gasteiger charge is 2.14. The van der Waals surface area contributed by atoms with Gasteiger partial charge in [0.2, 0.25) is 0 Å². The van der Waals surface area contributed by atoms with E-state index in [1.807, 2.05) is 25.2 Å². The van der Waals surface area contributed by atoms with Crippen LogP contribution in [0.4, 0.5) is 0 Å². The Morgan fingerprint density at radius 3 is 2.56 bits per heavy atom. The number of nitrogens with two attached hydrogens (primary N) is 2. The Morgan fingerprint density at radius 2 is 2.22 bits per heavy atom. The minimum atomic E-state index is -0.598. The Labute approximate surface area is 55.2 Å². The minimum Gasteiger partial charge on any atom is -0.310 e. The van der Waals surface area contributed by atoms with E-state index in [0.29, 0.717) is 0 Å². The van der Waals surface area contributed by atoms with Gasteiger partial charge in [0.1, 0.15) is 0 Å². The van der Waals surface area contributed by atoms with E-state index in [1.54, 1.807) is 0 Å². The van der Waals surface area contributed by atoms with Gasteiger partial charge in [0, 0.05) is 6.42 Å². The highest BCUT2D eigenvalue weighted by atomic mass is 14.9. The lowest BCUT2D eigenvalue weighted by Gasteiger charge is -2.21. The molecule has 0 aromatic rings. The van der Waals surface area contributed by atoms with Gasteiger partial charge in [0.05, 0.1) is 5.66 Å². The molecule has 0 aromatic carbocycles.